The minimum atomic E-state index is 0.356. The quantitative estimate of drug-likeness (QED) is 0.744. The van der Waals surface area contributed by atoms with Gasteiger partial charge in [-0.05, 0) is 84.1 Å². The predicted molar refractivity (Wildman–Crippen MR) is 78.9 cm³/mol. The number of piperidine rings is 2. The Kier molecular flexibility index (Phi) is 4.08. The van der Waals surface area contributed by atoms with Crippen molar-refractivity contribution >= 4 is 0 Å². The van der Waals surface area contributed by atoms with Gasteiger partial charge in [0.2, 0.25) is 0 Å². The Hall–Kier alpha value is -0.0800. The molecule has 0 amide bonds. The first-order chi connectivity index (χ1) is 8.35. The molecule has 2 heteroatoms. The third kappa shape index (κ3) is 2.60. The number of likely N-dealkylation sites (tertiary alicyclic amines) is 2. The van der Waals surface area contributed by atoms with Gasteiger partial charge in [0.25, 0.3) is 0 Å². The van der Waals surface area contributed by atoms with Crippen molar-refractivity contribution in [1.29, 1.82) is 0 Å². The molecule has 0 bridgehead atoms. The second kappa shape index (κ2) is 5.13. The van der Waals surface area contributed by atoms with Gasteiger partial charge >= 0.3 is 0 Å². The highest BCUT2D eigenvalue weighted by atomic mass is 15.2. The summed E-state index contributed by atoms with van der Waals surface area (Å²) in [5.41, 5.74) is 0.842. The summed E-state index contributed by atoms with van der Waals surface area (Å²) < 4.78 is 0. The molecule has 2 rings (SSSR count). The summed E-state index contributed by atoms with van der Waals surface area (Å²) in [5, 5.41) is 0. The van der Waals surface area contributed by atoms with Gasteiger partial charge < -0.3 is 4.90 Å². The SMILES string of the molecule is CC1CCN(C(C)(C)C2(C)CCN(C)CC2)CC1. The van der Waals surface area contributed by atoms with Crippen molar-refractivity contribution < 1.29 is 0 Å². The van der Waals surface area contributed by atoms with Crippen molar-refractivity contribution in [3.8, 4) is 0 Å². The second-order valence-electron chi connectivity index (χ2n) is 7.59. The molecular weight excluding hydrogens is 220 g/mol. The normalized spacial score (nSPS) is 28.5. The minimum absolute atomic E-state index is 0.356. The highest BCUT2D eigenvalue weighted by Gasteiger charge is 2.46. The second-order valence-corrected chi connectivity index (χ2v) is 7.59. The van der Waals surface area contributed by atoms with E-state index in [1.54, 1.807) is 0 Å². The summed E-state index contributed by atoms with van der Waals surface area (Å²) >= 11 is 0. The average molecular weight is 252 g/mol. The zero-order valence-electron chi connectivity index (χ0n) is 13.1. The number of hydrogen-bond acceptors (Lipinski definition) is 2. The Balaban J connectivity index is 2.05. The molecule has 106 valence electrons. The molecule has 0 aromatic rings. The van der Waals surface area contributed by atoms with Crippen molar-refractivity contribution in [3.63, 3.8) is 0 Å². The minimum Gasteiger partial charge on any atom is -0.306 e. The summed E-state index contributed by atoms with van der Waals surface area (Å²) in [6, 6.07) is 0. The molecule has 0 saturated carbocycles. The number of hydrogen-bond donors (Lipinski definition) is 0. The van der Waals surface area contributed by atoms with Crippen LogP contribution in [0, 0.1) is 11.3 Å². The van der Waals surface area contributed by atoms with Crippen molar-refractivity contribution in [2.45, 2.75) is 58.9 Å². The van der Waals surface area contributed by atoms with Gasteiger partial charge in [0, 0.05) is 5.54 Å². The molecule has 0 aromatic heterocycles. The van der Waals surface area contributed by atoms with Crippen molar-refractivity contribution in [3.05, 3.63) is 0 Å². The Bertz CT molecular complexity index is 269. The van der Waals surface area contributed by atoms with Gasteiger partial charge in [0.1, 0.15) is 0 Å². The molecule has 2 saturated heterocycles. The molecule has 0 N–H and O–H groups in total. The van der Waals surface area contributed by atoms with Gasteiger partial charge in [-0.25, -0.2) is 0 Å². The molecule has 2 aliphatic heterocycles. The van der Waals surface area contributed by atoms with Gasteiger partial charge in [-0.1, -0.05) is 13.8 Å². The third-order valence-corrected chi connectivity index (χ3v) is 6.14. The van der Waals surface area contributed by atoms with E-state index in [1.165, 1.54) is 51.9 Å². The number of nitrogens with zero attached hydrogens (tertiary/aromatic N) is 2. The maximum atomic E-state index is 2.78. The summed E-state index contributed by atoms with van der Waals surface area (Å²) in [4.78, 5) is 5.26. The highest BCUT2D eigenvalue weighted by molar-refractivity contribution is 5.00. The van der Waals surface area contributed by atoms with Gasteiger partial charge in [0.15, 0.2) is 0 Å². The molecule has 0 unspecified atom stereocenters. The summed E-state index contributed by atoms with van der Waals surface area (Å²) in [7, 11) is 2.26. The standard InChI is InChI=1S/C16H32N2/c1-14-6-10-18(11-7-14)15(2,3)16(4)8-12-17(5)13-9-16/h14H,6-13H2,1-5H3. The maximum Gasteiger partial charge on any atom is 0.0207 e. The highest BCUT2D eigenvalue weighted by Crippen LogP contribution is 2.45. The third-order valence-electron chi connectivity index (χ3n) is 6.14. The van der Waals surface area contributed by atoms with Crippen LogP contribution in [0.3, 0.4) is 0 Å². The summed E-state index contributed by atoms with van der Waals surface area (Å²) in [5.74, 6) is 0.933. The molecular formula is C16H32N2. The first kappa shape index (κ1) is 14.3. The lowest BCUT2D eigenvalue weighted by molar-refractivity contribution is -0.0492. The molecule has 2 heterocycles. The van der Waals surface area contributed by atoms with Crippen LogP contribution in [0.2, 0.25) is 0 Å². The van der Waals surface area contributed by atoms with Crippen LogP contribution in [0.25, 0.3) is 0 Å². The van der Waals surface area contributed by atoms with E-state index in [-0.39, 0.29) is 0 Å². The Morgan fingerprint density at radius 1 is 1.00 bits per heavy atom. The lowest BCUT2D eigenvalue weighted by atomic mass is 9.65. The molecule has 2 nitrogen and oxygen atoms in total. The lowest BCUT2D eigenvalue weighted by Crippen LogP contribution is -2.59. The Morgan fingerprint density at radius 2 is 1.50 bits per heavy atom. The Morgan fingerprint density at radius 3 is 2.00 bits per heavy atom. The molecule has 0 aliphatic carbocycles. The molecule has 0 atom stereocenters. The van der Waals surface area contributed by atoms with E-state index >= 15 is 0 Å². The largest absolute Gasteiger partial charge is 0.306 e. The van der Waals surface area contributed by atoms with E-state index in [9.17, 15) is 0 Å². The molecule has 2 fully saturated rings. The fourth-order valence-electron chi connectivity index (χ4n) is 3.67. The average Bonchev–Trinajstić information content (AvgIpc) is 2.33. The zero-order chi connectivity index (χ0) is 13.4. The van der Waals surface area contributed by atoms with E-state index in [0.29, 0.717) is 11.0 Å². The summed E-state index contributed by atoms with van der Waals surface area (Å²) in [6.07, 6.45) is 5.48. The van der Waals surface area contributed by atoms with Gasteiger partial charge in [-0.15, -0.1) is 0 Å². The van der Waals surface area contributed by atoms with Gasteiger partial charge in [-0.2, -0.15) is 0 Å². The van der Waals surface area contributed by atoms with Crippen LogP contribution >= 0.6 is 0 Å². The van der Waals surface area contributed by atoms with E-state index in [2.05, 4.69) is 44.5 Å². The molecule has 0 spiro atoms. The van der Waals surface area contributed by atoms with E-state index in [1.807, 2.05) is 0 Å². The smallest absolute Gasteiger partial charge is 0.0207 e. The first-order valence-corrected chi connectivity index (χ1v) is 7.79. The van der Waals surface area contributed by atoms with Crippen LogP contribution in [0.15, 0.2) is 0 Å². The van der Waals surface area contributed by atoms with Crippen LogP contribution in [-0.4, -0.2) is 48.6 Å². The molecule has 18 heavy (non-hydrogen) atoms. The first-order valence-electron chi connectivity index (χ1n) is 7.79. The van der Waals surface area contributed by atoms with Gasteiger partial charge in [0.05, 0.1) is 0 Å². The summed E-state index contributed by atoms with van der Waals surface area (Å²) in [6.45, 7) is 15.1. The van der Waals surface area contributed by atoms with E-state index in [0.717, 1.165) is 5.92 Å². The van der Waals surface area contributed by atoms with Crippen molar-refractivity contribution in [1.82, 2.24) is 9.80 Å². The lowest BCUT2D eigenvalue weighted by Gasteiger charge is -2.55. The molecule has 0 aromatic carbocycles. The monoisotopic (exact) mass is 252 g/mol. The van der Waals surface area contributed by atoms with Crippen LogP contribution in [0.5, 0.6) is 0 Å². The van der Waals surface area contributed by atoms with Gasteiger partial charge in [-0.3, -0.25) is 4.90 Å². The zero-order valence-corrected chi connectivity index (χ0v) is 13.1. The van der Waals surface area contributed by atoms with E-state index in [4.69, 9.17) is 0 Å². The fourth-order valence-corrected chi connectivity index (χ4v) is 3.67. The fraction of sp³-hybridized carbons (Fsp3) is 1.00. The van der Waals surface area contributed by atoms with Crippen LogP contribution in [0.1, 0.15) is 53.4 Å². The topological polar surface area (TPSA) is 6.48 Å². The van der Waals surface area contributed by atoms with Crippen molar-refractivity contribution in [2.75, 3.05) is 33.2 Å². The maximum absolute atomic E-state index is 2.78. The molecule has 2 aliphatic rings. The van der Waals surface area contributed by atoms with Crippen LogP contribution < -0.4 is 0 Å². The van der Waals surface area contributed by atoms with Crippen LogP contribution in [-0.2, 0) is 0 Å². The number of rotatable bonds is 2. The Labute approximate surface area is 114 Å². The van der Waals surface area contributed by atoms with E-state index < -0.39 is 0 Å². The molecule has 0 radical (unpaired) electrons. The van der Waals surface area contributed by atoms with Crippen molar-refractivity contribution in [2.24, 2.45) is 11.3 Å². The van der Waals surface area contributed by atoms with Crippen LogP contribution in [0.4, 0.5) is 0 Å². The predicted octanol–water partition coefficient (Wildman–Crippen LogP) is 3.23.